The summed E-state index contributed by atoms with van der Waals surface area (Å²) in [6, 6.07) is 0. The predicted octanol–water partition coefficient (Wildman–Crippen LogP) is -1.67. The fraction of sp³-hybridized carbons (Fsp3) is 0.786. The van der Waals surface area contributed by atoms with Crippen molar-refractivity contribution in [2.24, 2.45) is 29.1 Å². The second kappa shape index (κ2) is 9.38. The molecule has 1 aliphatic heterocycles. The van der Waals surface area contributed by atoms with Crippen LogP contribution in [0.4, 0.5) is 0 Å². The van der Waals surface area contributed by atoms with Crippen molar-refractivity contribution >= 4 is 11.8 Å². The molecule has 0 unspecified atom stereocenters. The molecule has 0 aromatic carbocycles. The maximum atomic E-state index is 13.3. The van der Waals surface area contributed by atoms with Crippen LogP contribution in [0.5, 0.6) is 0 Å². The zero-order valence-corrected chi connectivity index (χ0v) is 23.2. The molecule has 5 rings (SSSR count). The lowest BCUT2D eigenvalue weighted by Gasteiger charge is -2.52. The number of fused-ring (bicyclic) bond motifs is 5. The average molecular weight is 569 g/mol. The number of carbonyl (C=O) groups is 2. The largest absolute Gasteiger partial charge is 0.456 e. The first-order valence-electron chi connectivity index (χ1n) is 13.7. The molecule has 0 radical (unpaired) electrons. The molecule has 4 aliphatic carbocycles. The van der Waals surface area contributed by atoms with E-state index in [-0.39, 0.29) is 18.6 Å². The maximum Gasteiger partial charge on any atom is 0.303 e. The van der Waals surface area contributed by atoms with Crippen molar-refractivity contribution in [1.29, 1.82) is 0 Å². The third-order valence-electron chi connectivity index (χ3n) is 10.4. The van der Waals surface area contributed by atoms with Gasteiger partial charge in [-0.15, -0.1) is 0 Å². The Morgan fingerprint density at radius 2 is 1.75 bits per heavy atom. The number of esters is 1. The third-order valence-corrected chi connectivity index (χ3v) is 10.4. The molecule has 0 bridgehead atoms. The lowest BCUT2D eigenvalue weighted by molar-refractivity contribution is -0.299. The summed E-state index contributed by atoms with van der Waals surface area (Å²) >= 11 is 0. The van der Waals surface area contributed by atoms with Crippen molar-refractivity contribution in [3.63, 3.8) is 0 Å². The fourth-order valence-electron chi connectivity index (χ4n) is 8.29. The van der Waals surface area contributed by atoms with Crippen LogP contribution >= 0.6 is 0 Å². The molecule has 5 aliphatic rings. The van der Waals surface area contributed by atoms with E-state index in [0.29, 0.717) is 5.57 Å². The topological polar surface area (TPSA) is 203 Å². The van der Waals surface area contributed by atoms with Gasteiger partial charge in [-0.3, -0.25) is 9.59 Å². The first kappa shape index (κ1) is 29.7. The maximum absolute atomic E-state index is 13.3. The molecule has 0 aromatic rings. The van der Waals surface area contributed by atoms with E-state index < -0.39 is 101 Å². The second-order valence-corrected chi connectivity index (χ2v) is 12.8. The normalized spacial score (nSPS) is 51.0. The van der Waals surface area contributed by atoms with E-state index in [4.69, 9.17) is 14.2 Å². The first-order valence-corrected chi connectivity index (χ1v) is 13.7. The van der Waals surface area contributed by atoms with Crippen molar-refractivity contribution in [3.05, 3.63) is 23.3 Å². The van der Waals surface area contributed by atoms with Crippen LogP contribution in [0.2, 0.25) is 0 Å². The minimum absolute atomic E-state index is 0.239. The summed E-state index contributed by atoms with van der Waals surface area (Å²) in [6.45, 7) is 7.14. The molecule has 0 amide bonds. The van der Waals surface area contributed by atoms with Gasteiger partial charge in [0.05, 0.1) is 24.9 Å². The van der Waals surface area contributed by atoms with Crippen LogP contribution in [-0.2, 0) is 23.8 Å². The molecule has 3 fully saturated rings. The van der Waals surface area contributed by atoms with E-state index in [1.54, 1.807) is 26.0 Å². The van der Waals surface area contributed by atoms with E-state index in [9.17, 15) is 45.3 Å². The second-order valence-electron chi connectivity index (χ2n) is 12.8. The van der Waals surface area contributed by atoms with Crippen LogP contribution < -0.4 is 0 Å². The van der Waals surface area contributed by atoms with Gasteiger partial charge in [-0.25, -0.2) is 0 Å². The van der Waals surface area contributed by atoms with Gasteiger partial charge in [-0.1, -0.05) is 32.9 Å². The Morgan fingerprint density at radius 3 is 2.35 bits per heavy atom. The number of ether oxygens (including phenoxy) is 3. The number of aliphatic hydroxyl groups excluding tert-OH is 5. The highest BCUT2D eigenvalue weighted by Crippen LogP contribution is 2.76. The van der Waals surface area contributed by atoms with Crippen LogP contribution in [0.3, 0.4) is 0 Å². The molecule has 12 nitrogen and oxygen atoms in total. The zero-order valence-electron chi connectivity index (χ0n) is 23.2. The van der Waals surface area contributed by atoms with Gasteiger partial charge in [0.15, 0.2) is 12.1 Å². The molecular weight excluding hydrogens is 528 g/mol. The highest BCUT2D eigenvalue weighted by atomic mass is 16.7. The molecule has 1 saturated heterocycles. The number of hydrogen-bond acceptors (Lipinski definition) is 12. The van der Waals surface area contributed by atoms with Crippen molar-refractivity contribution in [2.75, 3.05) is 13.2 Å². The van der Waals surface area contributed by atoms with E-state index in [1.807, 2.05) is 13.8 Å². The molecule has 0 aromatic heterocycles. The van der Waals surface area contributed by atoms with Crippen molar-refractivity contribution in [1.82, 2.24) is 0 Å². The number of Topliss-reactive ketones (excluding diaryl/α,β-unsaturated/α-hetero) is 1. The zero-order chi connectivity index (χ0) is 29.7. The van der Waals surface area contributed by atoms with Gasteiger partial charge in [0.1, 0.15) is 35.6 Å². The number of ketones is 1. The summed E-state index contributed by atoms with van der Waals surface area (Å²) in [5.41, 5.74) is -5.31. The summed E-state index contributed by atoms with van der Waals surface area (Å²) in [4.78, 5) is 25.5. The van der Waals surface area contributed by atoms with Gasteiger partial charge in [-0.05, 0) is 18.1 Å². The Kier molecular flexibility index (Phi) is 6.98. The van der Waals surface area contributed by atoms with E-state index in [0.717, 1.165) is 0 Å². The Hall–Kier alpha value is -1.74. The Balaban J connectivity index is 1.55. The number of carbonyl (C=O) groups excluding carboxylic acids is 2. The molecule has 12 heteroatoms. The average Bonchev–Trinajstić information content (AvgIpc) is 3.31. The first-order chi connectivity index (χ1) is 18.5. The fourth-order valence-corrected chi connectivity index (χ4v) is 8.29. The van der Waals surface area contributed by atoms with Crippen LogP contribution in [0.25, 0.3) is 0 Å². The van der Waals surface area contributed by atoms with Crippen molar-refractivity contribution in [3.8, 4) is 0 Å². The lowest BCUT2D eigenvalue weighted by Crippen LogP contribution is -2.65. The van der Waals surface area contributed by atoms with E-state index in [2.05, 4.69) is 0 Å². The van der Waals surface area contributed by atoms with Gasteiger partial charge < -0.3 is 50.0 Å². The molecule has 40 heavy (non-hydrogen) atoms. The van der Waals surface area contributed by atoms with Crippen LogP contribution in [0, 0.1) is 29.1 Å². The lowest BCUT2D eigenvalue weighted by atomic mass is 9.59. The molecule has 1 heterocycles. The third kappa shape index (κ3) is 3.71. The smallest absolute Gasteiger partial charge is 0.303 e. The molecule has 224 valence electrons. The van der Waals surface area contributed by atoms with Gasteiger partial charge in [0, 0.05) is 42.4 Å². The van der Waals surface area contributed by atoms with Crippen molar-refractivity contribution in [2.45, 2.75) is 94.7 Å². The summed E-state index contributed by atoms with van der Waals surface area (Å²) < 4.78 is 17.0. The minimum atomic E-state index is -2.06. The van der Waals surface area contributed by atoms with Gasteiger partial charge >= 0.3 is 5.97 Å². The van der Waals surface area contributed by atoms with E-state index >= 15 is 0 Å². The van der Waals surface area contributed by atoms with Gasteiger partial charge in [-0.2, -0.15) is 0 Å². The standard InChI is InChI=1S/C28H40O12/c1-11-6-17-26(36,22(11)34)8-14(10-38-24-20(33)19(32)18(31)16(9-29)39-24)7-15-21-25(4,5)28(21,40-13(3)30)23(35)12(2)27(15,17)37/h6-7,12,15-21,23-24,29,31-33,35-37H,8-10H2,1-5H3/t12-,15+,16-,17-,18-,19+,20-,21-,23-,24-,26-,27-,28-/m1/s1. The highest BCUT2D eigenvalue weighted by molar-refractivity contribution is 6.04. The Bertz CT molecular complexity index is 1150. The number of rotatable bonds is 5. The quantitative estimate of drug-likeness (QED) is 0.147. The number of hydrogen-bond donors (Lipinski definition) is 7. The summed E-state index contributed by atoms with van der Waals surface area (Å²) in [7, 11) is 0. The molecule has 13 atom stereocenters. The minimum Gasteiger partial charge on any atom is -0.456 e. The number of aliphatic hydroxyl groups is 7. The summed E-state index contributed by atoms with van der Waals surface area (Å²) in [6.07, 6.45) is -5.81. The summed E-state index contributed by atoms with van der Waals surface area (Å²) in [5.74, 6) is -4.53. The predicted molar refractivity (Wildman–Crippen MR) is 135 cm³/mol. The molecule has 7 N–H and O–H groups in total. The highest BCUT2D eigenvalue weighted by Gasteiger charge is 2.86. The molecule has 0 spiro atoms. The van der Waals surface area contributed by atoms with Crippen LogP contribution in [0.15, 0.2) is 23.3 Å². The van der Waals surface area contributed by atoms with Crippen LogP contribution in [-0.4, -0.2) is 114 Å². The SMILES string of the molecule is CC(=O)O[C@@]12[C@H](O)[C@@H](C)[C@@]3(O)[C@@H](C=C(CO[C@@H]4O[C@H](CO)[C@@H](O)[C@H](O)[C@H]4O)C[C@]4(O)C(=O)C(C)=C[C@@H]34)[C@@H]1C2(C)C. The van der Waals surface area contributed by atoms with Gasteiger partial charge in [0.2, 0.25) is 0 Å². The summed E-state index contributed by atoms with van der Waals surface area (Å²) in [5, 5.41) is 76.0. The Morgan fingerprint density at radius 1 is 1.10 bits per heavy atom. The van der Waals surface area contributed by atoms with Crippen LogP contribution in [0.1, 0.15) is 41.0 Å². The monoisotopic (exact) mass is 568 g/mol. The molecular formula is C28H40O12. The Labute approximate surface area is 231 Å². The van der Waals surface area contributed by atoms with E-state index in [1.165, 1.54) is 6.92 Å². The van der Waals surface area contributed by atoms with Gasteiger partial charge in [0.25, 0.3) is 0 Å². The van der Waals surface area contributed by atoms with Crippen molar-refractivity contribution < 1.29 is 59.5 Å². The molecule has 2 saturated carbocycles.